The molecule has 0 fully saturated rings. The minimum absolute atomic E-state index is 0.0945. The summed E-state index contributed by atoms with van der Waals surface area (Å²) in [5, 5.41) is 9.39. The lowest BCUT2D eigenvalue weighted by Gasteiger charge is -2.05. The number of halogens is 1. The van der Waals surface area contributed by atoms with Crippen LogP contribution in [0.4, 0.5) is 0 Å². The van der Waals surface area contributed by atoms with Crippen molar-refractivity contribution in [3.05, 3.63) is 17.3 Å². The van der Waals surface area contributed by atoms with Crippen molar-refractivity contribution in [1.82, 2.24) is 4.98 Å². The summed E-state index contributed by atoms with van der Waals surface area (Å²) < 4.78 is 9.19. The van der Waals surface area contributed by atoms with Crippen LogP contribution in [0.3, 0.4) is 0 Å². The zero-order valence-corrected chi connectivity index (χ0v) is 8.11. The number of ether oxygens (including phenoxy) is 2. The highest BCUT2D eigenvalue weighted by Gasteiger charge is 2.07. The maximum atomic E-state index is 10.7. The Morgan fingerprint density at radius 2 is 2.36 bits per heavy atom. The first-order chi connectivity index (χ1) is 6.63. The van der Waals surface area contributed by atoms with Crippen LogP contribution in [0.5, 0.6) is 11.6 Å². The van der Waals surface area contributed by atoms with E-state index in [-0.39, 0.29) is 23.4 Å². The summed E-state index contributed by atoms with van der Waals surface area (Å²) in [7, 11) is 1.23. The first-order valence-corrected chi connectivity index (χ1v) is 4.06. The van der Waals surface area contributed by atoms with Gasteiger partial charge in [-0.1, -0.05) is 11.6 Å². The van der Waals surface area contributed by atoms with E-state index in [2.05, 4.69) is 9.72 Å². The molecule has 0 aliphatic heterocycles. The zero-order chi connectivity index (χ0) is 10.6. The SMILES string of the molecule is COC(=O)COc1nc(Cl)ccc1O. The van der Waals surface area contributed by atoms with Gasteiger partial charge in [-0.25, -0.2) is 4.79 Å². The van der Waals surface area contributed by atoms with E-state index >= 15 is 0 Å². The van der Waals surface area contributed by atoms with E-state index in [1.165, 1.54) is 19.2 Å². The normalized spacial score (nSPS) is 9.57. The number of carbonyl (C=O) groups is 1. The number of aromatic hydroxyl groups is 1. The lowest BCUT2D eigenvalue weighted by Crippen LogP contribution is -2.13. The van der Waals surface area contributed by atoms with E-state index in [9.17, 15) is 9.90 Å². The van der Waals surface area contributed by atoms with Crippen LogP contribution in [0.15, 0.2) is 12.1 Å². The van der Waals surface area contributed by atoms with Gasteiger partial charge in [0.25, 0.3) is 5.88 Å². The number of methoxy groups -OCH3 is 1. The third-order valence-electron chi connectivity index (χ3n) is 1.36. The fraction of sp³-hybridized carbons (Fsp3) is 0.250. The first-order valence-electron chi connectivity index (χ1n) is 3.68. The highest BCUT2D eigenvalue weighted by atomic mass is 35.5. The minimum Gasteiger partial charge on any atom is -0.503 e. The number of nitrogens with zero attached hydrogens (tertiary/aromatic N) is 1. The van der Waals surface area contributed by atoms with E-state index in [0.29, 0.717) is 0 Å². The number of rotatable bonds is 3. The molecule has 1 heterocycles. The average Bonchev–Trinajstić information content (AvgIpc) is 2.19. The van der Waals surface area contributed by atoms with Crippen molar-refractivity contribution in [3.8, 4) is 11.6 Å². The Balaban J connectivity index is 2.66. The van der Waals surface area contributed by atoms with Crippen LogP contribution in [0, 0.1) is 0 Å². The van der Waals surface area contributed by atoms with Crippen LogP contribution in [0.1, 0.15) is 0 Å². The fourth-order valence-corrected chi connectivity index (χ4v) is 0.843. The summed E-state index contributed by atoms with van der Waals surface area (Å²) in [5.41, 5.74) is 0. The number of pyridine rings is 1. The van der Waals surface area contributed by atoms with Gasteiger partial charge in [-0.05, 0) is 12.1 Å². The molecule has 0 atom stereocenters. The zero-order valence-electron chi connectivity index (χ0n) is 7.36. The molecule has 0 saturated heterocycles. The second-order valence-corrected chi connectivity index (χ2v) is 2.71. The third kappa shape index (κ3) is 2.77. The Labute approximate surface area is 85.2 Å². The molecule has 0 aliphatic carbocycles. The van der Waals surface area contributed by atoms with Crippen molar-refractivity contribution < 1.29 is 19.4 Å². The van der Waals surface area contributed by atoms with Crippen LogP contribution in [-0.2, 0) is 9.53 Å². The molecule has 0 saturated carbocycles. The third-order valence-corrected chi connectivity index (χ3v) is 1.57. The van der Waals surface area contributed by atoms with E-state index < -0.39 is 5.97 Å². The Bertz CT molecular complexity index is 342. The molecule has 0 radical (unpaired) electrons. The Hall–Kier alpha value is -1.49. The molecule has 1 aromatic heterocycles. The summed E-state index contributed by atoms with van der Waals surface area (Å²) in [5.74, 6) is -0.840. The summed E-state index contributed by atoms with van der Waals surface area (Å²) in [6.45, 7) is -0.322. The van der Waals surface area contributed by atoms with Crippen molar-refractivity contribution in [2.75, 3.05) is 13.7 Å². The molecule has 0 aliphatic rings. The Morgan fingerprint density at radius 3 is 3.00 bits per heavy atom. The lowest BCUT2D eigenvalue weighted by atomic mass is 10.4. The van der Waals surface area contributed by atoms with Gasteiger partial charge in [0.05, 0.1) is 7.11 Å². The maximum absolute atomic E-state index is 10.7. The Morgan fingerprint density at radius 1 is 1.64 bits per heavy atom. The second-order valence-electron chi connectivity index (χ2n) is 2.32. The lowest BCUT2D eigenvalue weighted by molar-refractivity contribution is -0.143. The maximum Gasteiger partial charge on any atom is 0.343 e. The number of carbonyl (C=O) groups excluding carboxylic acids is 1. The van der Waals surface area contributed by atoms with Gasteiger partial charge in [-0.2, -0.15) is 4.98 Å². The van der Waals surface area contributed by atoms with E-state index in [4.69, 9.17) is 16.3 Å². The van der Waals surface area contributed by atoms with Crippen LogP contribution in [0.25, 0.3) is 0 Å². The molecule has 0 unspecified atom stereocenters. The number of esters is 1. The van der Waals surface area contributed by atoms with Gasteiger partial charge >= 0.3 is 5.97 Å². The number of hydrogen-bond acceptors (Lipinski definition) is 5. The molecule has 0 spiro atoms. The van der Waals surface area contributed by atoms with Gasteiger partial charge in [0.2, 0.25) is 0 Å². The van der Waals surface area contributed by atoms with Crippen LogP contribution >= 0.6 is 11.6 Å². The molecule has 5 nitrogen and oxygen atoms in total. The molecule has 14 heavy (non-hydrogen) atoms. The highest BCUT2D eigenvalue weighted by Crippen LogP contribution is 2.24. The van der Waals surface area contributed by atoms with Crippen molar-refractivity contribution >= 4 is 17.6 Å². The van der Waals surface area contributed by atoms with E-state index in [0.717, 1.165) is 0 Å². The standard InChI is InChI=1S/C8H8ClNO4/c1-13-7(12)4-14-8-5(11)2-3-6(9)10-8/h2-3,11H,4H2,1H3. The van der Waals surface area contributed by atoms with Gasteiger partial charge in [0, 0.05) is 0 Å². The largest absolute Gasteiger partial charge is 0.503 e. The number of aromatic nitrogens is 1. The molecular formula is C8H8ClNO4. The molecule has 6 heteroatoms. The monoisotopic (exact) mass is 217 g/mol. The van der Waals surface area contributed by atoms with Crippen molar-refractivity contribution in [2.24, 2.45) is 0 Å². The fourth-order valence-electron chi connectivity index (χ4n) is 0.703. The molecule has 1 N–H and O–H groups in total. The highest BCUT2D eigenvalue weighted by molar-refractivity contribution is 6.29. The predicted octanol–water partition coefficient (Wildman–Crippen LogP) is 0.992. The van der Waals surface area contributed by atoms with Gasteiger partial charge in [-0.15, -0.1) is 0 Å². The van der Waals surface area contributed by atoms with E-state index in [1.807, 2.05) is 0 Å². The smallest absolute Gasteiger partial charge is 0.343 e. The van der Waals surface area contributed by atoms with Gasteiger partial charge in [0.15, 0.2) is 12.4 Å². The van der Waals surface area contributed by atoms with Crippen LogP contribution in [-0.4, -0.2) is 29.8 Å². The van der Waals surface area contributed by atoms with Gasteiger partial charge < -0.3 is 14.6 Å². The van der Waals surface area contributed by atoms with Gasteiger partial charge in [0.1, 0.15) is 5.15 Å². The first kappa shape index (κ1) is 10.6. The predicted molar refractivity (Wildman–Crippen MR) is 48.4 cm³/mol. The quantitative estimate of drug-likeness (QED) is 0.604. The molecule has 1 aromatic rings. The molecular weight excluding hydrogens is 210 g/mol. The number of hydrogen-bond donors (Lipinski definition) is 1. The van der Waals surface area contributed by atoms with Crippen molar-refractivity contribution in [2.45, 2.75) is 0 Å². The van der Waals surface area contributed by atoms with E-state index in [1.54, 1.807) is 0 Å². The molecule has 0 bridgehead atoms. The Kier molecular flexibility index (Phi) is 3.53. The summed E-state index contributed by atoms with van der Waals surface area (Å²) in [6.07, 6.45) is 0. The molecule has 0 aromatic carbocycles. The van der Waals surface area contributed by atoms with Crippen LogP contribution in [0.2, 0.25) is 5.15 Å². The minimum atomic E-state index is -0.564. The topological polar surface area (TPSA) is 68.7 Å². The molecule has 1 rings (SSSR count). The molecule has 76 valence electrons. The van der Waals surface area contributed by atoms with Crippen LogP contribution < -0.4 is 4.74 Å². The summed E-state index contributed by atoms with van der Waals surface area (Å²) in [4.78, 5) is 14.4. The van der Waals surface area contributed by atoms with Gasteiger partial charge in [-0.3, -0.25) is 0 Å². The average molecular weight is 218 g/mol. The second kappa shape index (κ2) is 4.66. The van der Waals surface area contributed by atoms with Crippen molar-refractivity contribution in [1.29, 1.82) is 0 Å². The molecule has 0 amide bonds. The summed E-state index contributed by atoms with van der Waals surface area (Å²) in [6, 6.07) is 2.73. The van der Waals surface area contributed by atoms with Crippen molar-refractivity contribution in [3.63, 3.8) is 0 Å². The summed E-state index contributed by atoms with van der Waals surface area (Å²) >= 11 is 5.55.